The van der Waals surface area contributed by atoms with Gasteiger partial charge in [0.1, 0.15) is 13.2 Å². The van der Waals surface area contributed by atoms with Gasteiger partial charge >= 0.3 is 11.9 Å². The van der Waals surface area contributed by atoms with Crippen LogP contribution in [0.3, 0.4) is 0 Å². The number of esters is 2. The molecule has 0 radical (unpaired) electrons. The number of hydrogen-bond donors (Lipinski definition) is 0. The Hall–Kier alpha value is -1.88. The predicted molar refractivity (Wildman–Crippen MR) is 87.3 cm³/mol. The molecule has 0 aromatic heterocycles. The van der Waals surface area contributed by atoms with Gasteiger partial charge in [0, 0.05) is 6.42 Å². The molecule has 5 nitrogen and oxygen atoms in total. The van der Waals surface area contributed by atoms with Crippen molar-refractivity contribution in [2.24, 2.45) is 0 Å². The first kappa shape index (κ1) is 19.2. The lowest BCUT2D eigenvalue weighted by molar-refractivity contribution is -0.145. The fraction of sp³-hybridized carbons (Fsp3) is 0.556. The maximum Gasteiger partial charge on any atom is 0.338 e. The molecule has 0 saturated carbocycles. The number of carbonyl (C=O) groups excluding carboxylic acids is 2. The molecule has 0 bridgehead atoms. The van der Waals surface area contributed by atoms with Gasteiger partial charge < -0.3 is 14.2 Å². The van der Waals surface area contributed by atoms with Crippen LogP contribution in [0.4, 0.5) is 0 Å². The topological polar surface area (TPSA) is 61.8 Å². The third kappa shape index (κ3) is 9.68. The summed E-state index contributed by atoms with van der Waals surface area (Å²) in [4.78, 5) is 23.0. The van der Waals surface area contributed by atoms with E-state index < -0.39 is 0 Å². The van der Waals surface area contributed by atoms with E-state index in [0.717, 1.165) is 25.7 Å². The van der Waals surface area contributed by atoms with Crippen LogP contribution in [-0.2, 0) is 19.0 Å². The Bertz CT molecular complexity index is 444. The lowest BCUT2D eigenvalue weighted by Gasteiger charge is -2.07. The molecule has 0 heterocycles. The number of unbranched alkanes of at least 4 members (excludes halogenated alkanes) is 3. The van der Waals surface area contributed by atoms with Crippen LogP contribution in [-0.4, -0.2) is 38.4 Å². The number of ether oxygens (including phenoxy) is 3. The first-order chi connectivity index (χ1) is 11.2. The van der Waals surface area contributed by atoms with Crippen molar-refractivity contribution < 1.29 is 23.8 Å². The van der Waals surface area contributed by atoms with Gasteiger partial charge in [-0.1, -0.05) is 44.4 Å². The lowest BCUT2D eigenvalue weighted by Crippen LogP contribution is -2.14. The van der Waals surface area contributed by atoms with Crippen LogP contribution in [0.2, 0.25) is 0 Å². The van der Waals surface area contributed by atoms with Crippen LogP contribution in [0.15, 0.2) is 30.3 Å². The maximum atomic E-state index is 11.6. The van der Waals surface area contributed by atoms with Gasteiger partial charge in [0.2, 0.25) is 0 Å². The quantitative estimate of drug-likeness (QED) is 0.436. The SMILES string of the molecule is CCCCCCC(=O)OCCOCCOC(=O)c1ccccc1. The molecule has 23 heavy (non-hydrogen) atoms. The van der Waals surface area contributed by atoms with Gasteiger partial charge in [0.25, 0.3) is 0 Å². The van der Waals surface area contributed by atoms with Gasteiger partial charge in [0.15, 0.2) is 0 Å². The monoisotopic (exact) mass is 322 g/mol. The van der Waals surface area contributed by atoms with Crippen molar-refractivity contribution in [1.82, 2.24) is 0 Å². The van der Waals surface area contributed by atoms with E-state index in [-0.39, 0.29) is 31.8 Å². The standard InChI is InChI=1S/C18H26O5/c1-2-3-4-8-11-17(19)22-14-12-21-13-15-23-18(20)16-9-6-5-7-10-16/h5-7,9-10H,2-4,8,11-15H2,1H3. The Morgan fingerprint density at radius 3 is 2.26 bits per heavy atom. The summed E-state index contributed by atoms with van der Waals surface area (Å²) in [7, 11) is 0. The second kappa shape index (κ2) is 12.6. The third-order valence-electron chi connectivity index (χ3n) is 3.20. The summed E-state index contributed by atoms with van der Waals surface area (Å²) in [5.41, 5.74) is 0.518. The van der Waals surface area contributed by atoms with E-state index in [2.05, 4.69) is 6.92 Å². The molecule has 1 aromatic carbocycles. The first-order valence-electron chi connectivity index (χ1n) is 8.19. The minimum Gasteiger partial charge on any atom is -0.463 e. The molecule has 0 amide bonds. The molecule has 5 heteroatoms. The van der Waals surface area contributed by atoms with Crippen molar-refractivity contribution in [3.05, 3.63) is 35.9 Å². The summed E-state index contributed by atoms with van der Waals surface area (Å²) in [6.07, 6.45) is 4.71. The Kier molecular flexibility index (Phi) is 10.5. The van der Waals surface area contributed by atoms with Crippen LogP contribution in [0.1, 0.15) is 49.4 Å². The number of rotatable bonds is 12. The van der Waals surface area contributed by atoms with Gasteiger partial charge in [-0.05, 0) is 18.6 Å². The molecule has 0 fully saturated rings. The molecule has 1 rings (SSSR count). The second-order valence-corrected chi connectivity index (χ2v) is 5.15. The van der Waals surface area contributed by atoms with E-state index >= 15 is 0 Å². The molecule has 0 aliphatic carbocycles. The predicted octanol–water partition coefficient (Wildman–Crippen LogP) is 3.37. The summed E-state index contributed by atoms with van der Waals surface area (Å²) >= 11 is 0. The Morgan fingerprint density at radius 2 is 1.57 bits per heavy atom. The van der Waals surface area contributed by atoms with Crippen molar-refractivity contribution in [2.75, 3.05) is 26.4 Å². The zero-order chi connectivity index (χ0) is 16.8. The van der Waals surface area contributed by atoms with E-state index in [1.807, 2.05) is 6.07 Å². The highest BCUT2D eigenvalue weighted by Crippen LogP contribution is 2.03. The fourth-order valence-electron chi connectivity index (χ4n) is 1.94. The van der Waals surface area contributed by atoms with Crippen molar-refractivity contribution in [3.63, 3.8) is 0 Å². The zero-order valence-electron chi connectivity index (χ0n) is 13.8. The molecular weight excluding hydrogens is 296 g/mol. The Balaban J connectivity index is 1.93. The van der Waals surface area contributed by atoms with Gasteiger partial charge in [-0.2, -0.15) is 0 Å². The lowest BCUT2D eigenvalue weighted by atomic mass is 10.2. The zero-order valence-corrected chi connectivity index (χ0v) is 13.8. The third-order valence-corrected chi connectivity index (χ3v) is 3.20. The summed E-state index contributed by atoms with van der Waals surface area (Å²) in [5.74, 6) is -0.548. The van der Waals surface area contributed by atoms with Crippen LogP contribution in [0.5, 0.6) is 0 Å². The molecule has 1 aromatic rings. The van der Waals surface area contributed by atoms with Crippen LogP contribution >= 0.6 is 0 Å². The minimum absolute atomic E-state index is 0.179. The molecule has 0 saturated heterocycles. The van der Waals surface area contributed by atoms with Crippen molar-refractivity contribution in [3.8, 4) is 0 Å². The summed E-state index contributed by atoms with van der Waals surface area (Å²) in [6.45, 7) is 3.14. The van der Waals surface area contributed by atoms with E-state index in [1.54, 1.807) is 24.3 Å². The fourth-order valence-corrected chi connectivity index (χ4v) is 1.94. The largest absolute Gasteiger partial charge is 0.463 e. The smallest absolute Gasteiger partial charge is 0.338 e. The van der Waals surface area contributed by atoms with E-state index in [0.29, 0.717) is 18.6 Å². The number of carbonyl (C=O) groups is 2. The maximum absolute atomic E-state index is 11.6. The Morgan fingerprint density at radius 1 is 0.870 bits per heavy atom. The minimum atomic E-state index is -0.368. The van der Waals surface area contributed by atoms with Crippen molar-refractivity contribution in [2.45, 2.75) is 39.0 Å². The first-order valence-corrected chi connectivity index (χ1v) is 8.19. The van der Waals surface area contributed by atoms with Crippen molar-refractivity contribution in [1.29, 1.82) is 0 Å². The van der Waals surface area contributed by atoms with Crippen LogP contribution in [0.25, 0.3) is 0 Å². The highest BCUT2D eigenvalue weighted by molar-refractivity contribution is 5.89. The Labute approximate surface area is 137 Å². The molecule has 0 aliphatic heterocycles. The van der Waals surface area contributed by atoms with Crippen molar-refractivity contribution >= 4 is 11.9 Å². The van der Waals surface area contributed by atoms with Gasteiger partial charge in [0.05, 0.1) is 18.8 Å². The van der Waals surface area contributed by atoms with Gasteiger partial charge in [-0.25, -0.2) is 4.79 Å². The molecule has 0 atom stereocenters. The highest BCUT2D eigenvalue weighted by Gasteiger charge is 2.05. The average Bonchev–Trinajstić information content (AvgIpc) is 2.58. The molecular formula is C18H26O5. The molecule has 0 spiro atoms. The van der Waals surface area contributed by atoms with Crippen LogP contribution < -0.4 is 0 Å². The summed E-state index contributed by atoms with van der Waals surface area (Å²) < 4.78 is 15.4. The average molecular weight is 322 g/mol. The molecule has 0 unspecified atom stereocenters. The second-order valence-electron chi connectivity index (χ2n) is 5.15. The normalized spacial score (nSPS) is 10.3. The van der Waals surface area contributed by atoms with E-state index in [4.69, 9.17) is 14.2 Å². The summed E-state index contributed by atoms with van der Waals surface area (Å²) in [6, 6.07) is 8.80. The number of hydrogen-bond acceptors (Lipinski definition) is 5. The van der Waals surface area contributed by atoms with Gasteiger partial charge in [-0.3, -0.25) is 4.79 Å². The highest BCUT2D eigenvalue weighted by atomic mass is 16.6. The van der Waals surface area contributed by atoms with Crippen LogP contribution in [0, 0.1) is 0 Å². The molecule has 0 N–H and O–H groups in total. The van der Waals surface area contributed by atoms with Gasteiger partial charge in [-0.15, -0.1) is 0 Å². The molecule has 128 valence electrons. The number of benzene rings is 1. The van der Waals surface area contributed by atoms with E-state index in [1.165, 1.54) is 0 Å². The molecule has 0 aliphatic rings. The summed E-state index contributed by atoms with van der Waals surface area (Å²) in [5, 5.41) is 0. The van der Waals surface area contributed by atoms with E-state index in [9.17, 15) is 9.59 Å².